The first kappa shape index (κ1) is 25.2. The first-order valence-corrected chi connectivity index (χ1v) is 12.6. The second-order valence-corrected chi connectivity index (χ2v) is 9.67. The van der Waals surface area contributed by atoms with Crippen LogP contribution in [0.4, 0.5) is 5.82 Å². The van der Waals surface area contributed by atoms with Gasteiger partial charge in [0.15, 0.2) is 11.5 Å². The maximum atomic E-state index is 13.7. The van der Waals surface area contributed by atoms with E-state index < -0.39 is 0 Å². The van der Waals surface area contributed by atoms with Crippen molar-refractivity contribution >= 4 is 22.9 Å². The van der Waals surface area contributed by atoms with Crippen LogP contribution in [0.3, 0.4) is 0 Å². The Morgan fingerprint density at radius 1 is 1.11 bits per heavy atom. The zero-order chi connectivity index (χ0) is 26.6. The number of para-hydroxylation sites is 1. The number of nitrogen functional groups attached to an aromatic ring is 1. The Bertz CT molecular complexity index is 1510. The van der Waals surface area contributed by atoms with Gasteiger partial charge in [-0.25, -0.2) is 14.8 Å². The third-order valence-corrected chi connectivity index (χ3v) is 6.58. The molecule has 0 spiro atoms. The molecule has 0 saturated carbocycles. The average Bonchev–Trinajstić information content (AvgIpc) is 3.49. The number of hydrogen-bond donors (Lipinski definition) is 1. The SMILES string of the molecule is CN(C)CC=CC(=O)N1CC[C@@H](Cn2c(=O)n(-c3ccc(Oc4ccccc4)cc3)c3c(N)ncnc32)C1. The van der Waals surface area contributed by atoms with Gasteiger partial charge < -0.3 is 20.3 Å². The minimum atomic E-state index is -0.250. The molecule has 0 radical (unpaired) electrons. The number of benzene rings is 2. The van der Waals surface area contributed by atoms with E-state index in [2.05, 4.69) is 9.97 Å². The molecule has 196 valence electrons. The molecule has 10 heteroatoms. The van der Waals surface area contributed by atoms with E-state index in [1.165, 1.54) is 6.33 Å². The van der Waals surface area contributed by atoms with E-state index in [0.29, 0.717) is 48.8 Å². The summed E-state index contributed by atoms with van der Waals surface area (Å²) in [4.78, 5) is 38.6. The Balaban J connectivity index is 1.39. The van der Waals surface area contributed by atoms with E-state index in [4.69, 9.17) is 10.5 Å². The molecule has 4 aromatic rings. The minimum Gasteiger partial charge on any atom is -0.457 e. The third kappa shape index (κ3) is 5.30. The van der Waals surface area contributed by atoms with Gasteiger partial charge in [0.1, 0.15) is 23.3 Å². The number of aromatic nitrogens is 4. The topological polar surface area (TPSA) is 112 Å². The molecule has 38 heavy (non-hydrogen) atoms. The lowest BCUT2D eigenvalue weighted by Crippen LogP contribution is -2.30. The van der Waals surface area contributed by atoms with Crippen molar-refractivity contribution in [2.24, 2.45) is 5.92 Å². The number of likely N-dealkylation sites (tertiary alicyclic amines) is 1. The minimum absolute atomic E-state index is 0.00601. The highest BCUT2D eigenvalue weighted by Gasteiger charge is 2.28. The largest absolute Gasteiger partial charge is 0.457 e. The van der Waals surface area contributed by atoms with Crippen molar-refractivity contribution in [2.75, 3.05) is 39.5 Å². The quantitative estimate of drug-likeness (QED) is 0.361. The van der Waals surface area contributed by atoms with E-state index in [1.807, 2.05) is 84.6 Å². The summed E-state index contributed by atoms with van der Waals surface area (Å²) in [7, 11) is 3.91. The molecule has 1 aliphatic heterocycles. The molecule has 1 atom stereocenters. The van der Waals surface area contributed by atoms with E-state index >= 15 is 0 Å². The summed E-state index contributed by atoms with van der Waals surface area (Å²) in [6.07, 6.45) is 5.66. The van der Waals surface area contributed by atoms with Gasteiger partial charge in [-0.05, 0) is 62.8 Å². The van der Waals surface area contributed by atoms with Crippen LogP contribution >= 0.6 is 0 Å². The summed E-state index contributed by atoms with van der Waals surface area (Å²) in [5, 5.41) is 0. The number of likely N-dealkylation sites (N-methyl/N-ethyl adjacent to an activating group) is 1. The molecular formula is C28H31N7O3. The Kier molecular flexibility index (Phi) is 7.23. The van der Waals surface area contributed by atoms with E-state index in [9.17, 15) is 9.59 Å². The summed E-state index contributed by atoms with van der Waals surface area (Å²) in [6.45, 7) is 2.37. The van der Waals surface area contributed by atoms with Crippen molar-refractivity contribution in [1.29, 1.82) is 0 Å². The number of anilines is 1. The number of carbonyl (C=O) groups excluding carboxylic acids is 1. The Morgan fingerprint density at radius 2 is 1.84 bits per heavy atom. The second-order valence-electron chi connectivity index (χ2n) is 9.67. The zero-order valence-corrected chi connectivity index (χ0v) is 21.5. The summed E-state index contributed by atoms with van der Waals surface area (Å²) in [5.41, 5.74) is 7.56. The molecule has 0 aliphatic carbocycles. The van der Waals surface area contributed by atoms with Crippen LogP contribution < -0.4 is 16.2 Å². The lowest BCUT2D eigenvalue weighted by Gasteiger charge is -2.15. The lowest BCUT2D eigenvalue weighted by atomic mass is 10.1. The summed E-state index contributed by atoms with van der Waals surface area (Å²) in [5.74, 6) is 1.72. The normalized spacial score (nSPS) is 15.7. The number of hydrogen-bond acceptors (Lipinski definition) is 7. The summed E-state index contributed by atoms with van der Waals surface area (Å²) in [6, 6.07) is 16.7. The molecule has 0 bridgehead atoms. The third-order valence-electron chi connectivity index (χ3n) is 6.58. The number of nitrogens with zero attached hydrogens (tertiary/aromatic N) is 6. The van der Waals surface area contributed by atoms with Crippen LogP contribution in [-0.2, 0) is 11.3 Å². The number of ether oxygens (including phenoxy) is 1. The van der Waals surface area contributed by atoms with Gasteiger partial charge in [0.05, 0.1) is 5.69 Å². The highest BCUT2D eigenvalue weighted by molar-refractivity contribution is 5.87. The van der Waals surface area contributed by atoms with E-state index in [1.54, 1.807) is 15.2 Å². The summed E-state index contributed by atoms with van der Waals surface area (Å²) < 4.78 is 9.07. The fourth-order valence-electron chi connectivity index (χ4n) is 4.70. The van der Waals surface area contributed by atoms with Crippen LogP contribution in [0.1, 0.15) is 6.42 Å². The van der Waals surface area contributed by atoms with Crippen molar-refractivity contribution in [3.8, 4) is 17.2 Å². The Morgan fingerprint density at radius 3 is 2.58 bits per heavy atom. The first-order valence-electron chi connectivity index (χ1n) is 12.6. The van der Waals surface area contributed by atoms with Gasteiger partial charge in [0.25, 0.3) is 0 Å². The molecular weight excluding hydrogens is 482 g/mol. The molecule has 1 fully saturated rings. The second kappa shape index (κ2) is 10.9. The first-order chi connectivity index (χ1) is 18.4. The molecule has 2 aromatic carbocycles. The standard InChI is InChI=1S/C28H31N7O3/c1-32(2)15-6-9-24(36)33-16-14-20(17-33)18-34-27-25(26(29)30-19-31-27)35(28(34)37)21-10-12-23(13-11-21)38-22-7-4-3-5-8-22/h3-13,19-20H,14-18H2,1-2H3,(H2,29,30,31)/t20-/m1/s1. The fraction of sp³-hybridized carbons (Fsp3) is 0.286. The fourth-order valence-corrected chi connectivity index (χ4v) is 4.70. The molecule has 5 rings (SSSR count). The average molecular weight is 514 g/mol. The van der Waals surface area contributed by atoms with Crippen LogP contribution in [-0.4, -0.2) is 68.5 Å². The van der Waals surface area contributed by atoms with Crippen LogP contribution in [0, 0.1) is 5.92 Å². The van der Waals surface area contributed by atoms with Gasteiger partial charge in [-0.3, -0.25) is 13.9 Å². The van der Waals surface area contributed by atoms with E-state index in [0.717, 1.165) is 12.2 Å². The smallest absolute Gasteiger partial charge is 0.335 e. The highest BCUT2D eigenvalue weighted by Crippen LogP contribution is 2.26. The van der Waals surface area contributed by atoms with Gasteiger partial charge in [-0.1, -0.05) is 24.3 Å². The molecule has 2 aromatic heterocycles. The molecule has 2 N–H and O–H groups in total. The molecule has 3 heterocycles. The zero-order valence-electron chi connectivity index (χ0n) is 21.5. The molecule has 1 amide bonds. The predicted octanol–water partition coefficient (Wildman–Crippen LogP) is 2.92. The van der Waals surface area contributed by atoms with Crippen LogP contribution in [0.5, 0.6) is 11.5 Å². The predicted molar refractivity (Wildman–Crippen MR) is 146 cm³/mol. The Hall–Kier alpha value is -4.44. The highest BCUT2D eigenvalue weighted by atomic mass is 16.5. The number of amides is 1. The molecule has 1 aliphatic rings. The van der Waals surface area contributed by atoms with Crippen LogP contribution in [0.2, 0.25) is 0 Å². The molecule has 0 unspecified atom stereocenters. The number of carbonyl (C=O) groups is 1. The molecule has 10 nitrogen and oxygen atoms in total. The van der Waals surface area contributed by atoms with E-state index in [-0.39, 0.29) is 23.3 Å². The van der Waals surface area contributed by atoms with Crippen molar-refractivity contribution in [1.82, 2.24) is 28.9 Å². The maximum absolute atomic E-state index is 13.7. The number of rotatable bonds is 8. The number of nitrogens with two attached hydrogens (primary N) is 1. The Labute approximate surface area is 220 Å². The monoisotopic (exact) mass is 513 g/mol. The van der Waals surface area contributed by atoms with Gasteiger partial charge in [-0.15, -0.1) is 0 Å². The summed E-state index contributed by atoms with van der Waals surface area (Å²) >= 11 is 0. The van der Waals surface area contributed by atoms with Crippen molar-refractivity contribution < 1.29 is 9.53 Å². The van der Waals surface area contributed by atoms with Gasteiger partial charge in [0, 0.05) is 32.3 Å². The van der Waals surface area contributed by atoms with Gasteiger partial charge in [0.2, 0.25) is 5.91 Å². The van der Waals surface area contributed by atoms with Crippen molar-refractivity contribution in [2.45, 2.75) is 13.0 Å². The van der Waals surface area contributed by atoms with Crippen LogP contribution in [0.25, 0.3) is 16.9 Å². The van der Waals surface area contributed by atoms with Crippen molar-refractivity contribution in [3.05, 3.63) is 83.6 Å². The van der Waals surface area contributed by atoms with Gasteiger partial charge in [-0.2, -0.15) is 0 Å². The van der Waals surface area contributed by atoms with Gasteiger partial charge >= 0.3 is 5.69 Å². The van der Waals surface area contributed by atoms with Crippen molar-refractivity contribution in [3.63, 3.8) is 0 Å². The molecule has 1 saturated heterocycles. The number of fused-ring (bicyclic) bond motifs is 1. The lowest BCUT2D eigenvalue weighted by molar-refractivity contribution is -0.125. The van der Waals surface area contributed by atoms with Crippen LogP contribution in [0.15, 0.2) is 77.9 Å². The maximum Gasteiger partial charge on any atom is 0.335 e. The number of imidazole rings is 1.